The van der Waals surface area contributed by atoms with Crippen molar-refractivity contribution in [3.8, 4) is 11.5 Å². The van der Waals surface area contributed by atoms with E-state index < -0.39 is 57.3 Å². The number of pyridine rings is 1. The maximum Gasteiger partial charge on any atom is 0.425 e. The van der Waals surface area contributed by atoms with Gasteiger partial charge >= 0.3 is 6.18 Å². The molecule has 1 saturated carbocycles. The molecule has 2 heterocycles. The number of hydrogen-bond acceptors (Lipinski definition) is 5. The standard InChI is InChI=1S/C25H22ClF4N5O4S/c1-3-12-4-8-17(16(27)10-12)32-22-19(23(36)31-13-5-6-13)21(20(25(28,29)30)24(37)34(22)2)39-18-9-7-14(11-15(18)26)35-33-40(35)38/h4,7-11,13,32-33H,3,5-6H2,1-2H3,(H,31,36). The van der Waals surface area contributed by atoms with Crippen molar-refractivity contribution in [3.05, 3.63) is 74.3 Å². The number of anilines is 3. The number of hydrazine groups is 1. The summed E-state index contributed by atoms with van der Waals surface area (Å²) in [7, 11) is 1.04. The van der Waals surface area contributed by atoms with E-state index in [9.17, 15) is 31.4 Å². The quantitative estimate of drug-likeness (QED) is 0.247. The van der Waals surface area contributed by atoms with Gasteiger partial charge in [0.05, 0.1) is 16.4 Å². The molecular formula is C25H22ClF4N5O4S. The zero-order chi connectivity index (χ0) is 28.9. The molecular weight excluding hydrogens is 578 g/mol. The normalized spacial score (nSPS) is 16.6. The van der Waals surface area contributed by atoms with Crippen LogP contribution in [0.25, 0.3) is 0 Å². The van der Waals surface area contributed by atoms with Crippen molar-refractivity contribution >= 4 is 45.9 Å². The lowest BCUT2D eigenvalue weighted by Crippen LogP contribution is -2.34. The third-order valence-electron chi connectivity index (χ3n) is 6.32. The molecule has 0 radical (unpaired) electrons. The Morgan fingerprint density at radius 1 is 1.23 bits per heavy atom. The predicted molar refractivity (Wildman–Crippen MR) is 142 cm³/mol. The number of nitrogens with zero attached hydrogens (tertiary/aromatic N) is 2. The van der Waals surface area contributed by atoms with Gasteiger partial charge in [0.1, 0.15) is 22.9 Å². The molecule has 2 aliphatic rings. The first-order chi connectivity index (χ1) is 18.9. The Kier molecular flexibility index (Phi) is 7.27. The highest BCUT2D eigenvalue weighted by molar-refractivity contribution is 7.91. The zero-order valence-electron chi connectivity index (χ0n) is 21.0. The molecule has 1 unspecified atom stereocenters. The van der Waals surface area contributed by atoms with Crippen molar-refractivity contribution in [1.82, 2.24) is 14.7 Å². The van der Waals surface area contributed by atoms with Crippen LogP contribution in [-0.4, -0.2) is 20.7 Å². The highest BCUT2D eigenvalue weighted by Gasteiger charge is 2.43. The summed E-state index contributed by atoms with van der Waals surface area (Å²) in [4.78, 5) is 29.0. The number of benzene rings is 2. The maximum absolute atomic E-state index is 14.9. The van der Waals surface area contributed by atoms with Gasteiger partial charge < -0.3 is 15.4 Å². The lowest BCUT2D eigenvalue weighted by molar-refractivity contribution is -0.139. The summed E-state index contributed by atoms with van der Waals surface area (Å²) >= 11 is 4.81. The molecule has 15 heteroatoms. The fourth-order valence-electron chi connectivity index (χ4n) is 3.98. The molecule has 1 amide bonds. The number of amides is 1. The largest absolute Gasteiger partial charge is 0.454 e. The SMILES string of the molecule is CCc1ccc(Nc2c(C(=O)NC3CC3)c(Oc3ccc(N4NS4=O)cc3Cl)c(C(F)(F)F)c(=O)n2C)c(F)c1. The van der Waals surface area contributed by atoms with Gasteiger partial charge in [-0.05, 0) is 55.2 Å². The first kappa shape index (κ1) is 27.9. The van der Waals surface area contributed by atoms with Gasteiger partial charge in [-0.1, -0.05) is 24.6 Å². The van der Waals surface area contributed by atoms with Crippen molar-refractivity contribution < 1.29 is 31.3 Å². The van der Waals surface area contributed by atoms with E-state index >= 15 is 0 Å². The first-order valence-corrected chi connectivity index (χ1v) is 13.5. The monoisotopic (exact) mass is 599 g/mol. The van der Waals surface area contributed by atoms with Crippen LogP contribution in [-0.2, 0) is 30.8 Å². The van der Waals surface area contributed by atoms with Gasteiger partial charge in [-0.3, -0.25) is 14.2 Å². The van der Waals surface area contributed by atoms with E-state index in [-0.39, 0.29) is 22.5 Å². The third kappa shape index (κ3) is 5.51. The lowest BCUT2D eigenvalue weighted by atomic mass is 10.1. The Hall–Kier alpha value is -3.62. The van der Waals surface area contributed by atoms with Crippen LogP contribution < -0.4 is 30.2 Å². The van der Waals surface area contributed by atoms with Gasteiger partial charge in [0.15, 0.2) is 11.3 Å². The molecule has 0 spiro atoms. The minimum Gasteiger partial charge on any atom is -0.454 e. The summed E-state index contributed by atoms with van der Waals surface area (Å²) in [6.45, 7) is 1.82. The number of alkyl halides is 3. The van der Waals surface area contributed by atoms with E-state index in [0.717, 1.165) is 7.05 Å². The Morgan fingerprint density at radius 2 is 1.93 bits per heavy atom. The van der Waals surface area contributed by atoms with Crippen LogP contribution in [0.5, 0.6) is 11.5 Å². The van der Waals surface area contributed by atoms with E-state index in [1.54, 1.807) is 6.07 Å². The molecule has 1 aromatic heterocycles. The van der Waals surface area contributed by atoms with Crippen molar-refractivity contribution in [2.24, 2.45) is 7.05 Å². The van der Waals surface area contributed by atoms with Crippen LogP contribution in [0, 0.1) is 5.82 Å². The van der Waals surface area contributed by atoms with Crippen LogP contribution in [0.4, 0.5) is 34.8 Å². The average Bonchev–Trinajstić information content (AvgIpc) is 3.82. The Bertz CT molecular complexity index is 1610. The van der Waals surface area contributed by atoms with Crippen LogP contribution in [0.3, 0.4) is 0 Å². The van der Waals surface area contributed by atoms with Crippen LogP contribution in [0.2, 0.25) is 5.02 Å². The molecule has 1 atom stereocenters. The average molecular weight is 600 g/mol. The van der Waals surface area contributed by atoms with Crippen molar-refractivity contribution in [2.75, 3.05) is 9.73 Å². The number of halogens is 5. The fourth-order valence-corrected chi connectivity index (χ4v) is 4.80. The van der Waals surface area contributed by atoms with Crippen LogP contribution >= 0.6 is 11.6 Å². The number of carbonyl (C=O) groups excluding carboxylic acids is 1. The van der Waals surface area contributed by atoms with E-state index in [1.165, 1.54) is 34.7 Å². The number of carbonyl (C=O) groups is 1. The molecule has 1 aliphatic heterocycles. The first-order valence-electron chi connectivity index (χ1n) is 12.0. The van der Waals surface area contributed by atoms with E-state index in [4.69, 9.17) is 16.3 Å². The summed E-state index contributed by atoms with van der Waals surface area (Å²) in [6, 6.07) is 7.81. The second kappa shape index (κ2) is 10.4. The number of nitrogens with one attached hydrogen (secondary N) is 3. The van der Waals surface area contributed by atoms with Gasteiger partial charge in [0.2, 0.25) is 11.2 Å². The minimum absolute atomic E-state index is 0.167. The molecule has 40 heavy (non-hydrogen) atoms. The molecule has 3 N–H and O–H groups in total. The summed E-state index contributed by atoms with van der Waals surface area (Å²) < 4.78 is 76.9. The molecule has 2 fully saturated rings. The second-order valence-corrected chi connectivity index (χ2v) is 10.6. The van der Waals surface area contributed by atoms with Gasteiger partial charge in [-0.2, -0.15) is 17.6 Å². The summed E-state index contributed by atoms with van der Waals surface area (Å²) in [5.41, 5.74) is -3.09. The van der Waals surface area contributed by atoms with E-state index in [1.807, 2.05) is 6.92 Å². The smallest absolute Gasteiger partial charge is 0.425 e. The molecule has 212 valence electrons. The summed E-state index contributed by atoms with van der Waals surface area (Å²) in [5.74, 6) is -3.50. The number of ether oxygens (including phenoxy) is 1. The van der Waals surface area contributed by atoms with E-state index in [2.05, 4.69) is 15.5 Å². The summed E-state index contributed by atoms with van der Waals surface area (Å²) in [5, 5.41) is 5.07. The third-order valence-corrected chi connectivity index (χ3v) is 7.41. The van der Waals surface area contributed by atoms with Crippen LogP contribution in [0.1, 0.15) is 41.3 Å². The molecule has 1 aliphatic carbocycles. The van der Waals surface area contributed by atoms with Crippen molar-refractivity contribution in [2.45, 2.75) is 38.4 Å². The van der Waals surface area contributed by atoms with Crippen molar-refractivity contribution in [1.29, 1.82) is 0 Å². The van der Waals surface area contributed by atoms with Gasteiger partial charge in [-0.25, -0.2) is 8.60 Å². The maximum atomic E-state index is 14.9. The Balaban J connectivity index is 1.70. The summed E-state index contributed by atoms with van der Waals surface area (Å²) in [6.07, 6.45) is -3.46. The van der Waals surface area contributed by atoms with Gasteiger partial charge in [0.25, 0.3) is 11.5 Å². The van der Waals surface area contributed by atoms with Crippen molar-refractivity contribution in [3.63, 3.8) is 0 Å². The number of rotatable bonds is 8. The Morgan fingerprint density at radius 3 is 2.48 bits per heavy atom. The van der Waals surface area contributed by atoms with Gasteiger partial charge in [0, 0.05) is 13.1 Å². The zero-order valence-corrected chi connectivity index (χ0v) is 22.6. The molecule has 2 aromatic carbocycles. The van der Waals surface area contributed by atoms with Gasteiger partial charge in [-0.15, -0.1) is 4.83 Å². The number of hydrogen-bond donors (Lipinski definition) is 3. The number of aryl methyl sites for hydroxylation is 1. The lowest BCUT2D eigenvalue weighted by Gasteiger charge is -2.23. The fraction of sp³-hybridized carbons (Fsp3) is 0.280. The van der Waals surface area contributed by atoms with Crippen LogP contribution in [0.15, 0.2) is 41.2 Å². The van der Waals surface area contributed by atoms with E-state index in [0.29, 0.717) is 35.1 Å². The highest BCUT2D eigenvalue weighted by Crippen LogP contribution is 2.43. The Labute approximate surface area is 232 Å². The molecule has 0 bridgehead atoms. The molecule has 9 nitrogen and oxygen atoms in total. The topological polar surface area (TPSA) is 114 Å². The second-order valence-electron chi connectivity index (χ2n) is 9.18. The highest BCUT2D eigenvalue weighted by atomic mass is 35.5. The molecule has 5 rings (SSSR count). The molecule has 1 saturated heterocycles. The minimum atomic E-state index is -5.24. The molecule has 3 aromatic rings. The predicted octanol–water partition coefficient (Wildman–Crippen LogP) is 5.09. The number of aromatic nitrogens is 1.